The molecule has 5 nitrogen and oxygen atoms in total. The fraction of sp³-hybridized carbons (Fsp3) is 0.154. The lowest BCUT2D eigenvalue weighted by atomic mass is 10.1. The fourth-order valence-corrected chi connectivity index (χ4v) is 3.08. The molecule has 31 heavy (non-hydrogen) atoms. The first kappa shape index (κ1) is 21.8. The maximum absolute atomic E-state index is 13.1. The number of nitrogens with one attached hydrogen (secondary N) is 2. The Morgan fingerprint density at radius 3 is 2.19 bits per heavy atom. The Kier molecular flexibility index (Phi) is 7.60. The lowest BCUT2D eigenvalue weighted by Gasteiger charge is -2.17. The highest BCUT2D eigenvalue weighted by atomic mass is 16.5. The molecular weight excluding hydrogens is 388 g/mol. The Morgan fingerprint density at radius 2 is 1.52 bits per heavy atom. The van der Waals surface area contributed by atoms with Crippen LogP contribution in [-0.2, 0) is 4.79 Å². The van der Waals surface area contributed by atoms with Gasteiger partial charge < -0.3 is 15.4 Å². The molecule has 0 aliphatic carbocycles. The zero-order valence-corrected chi connectivity index (χ0v) is 17.7. The maximum atomic E-state index is 13.1. The Hall–Kier alpha value is -3.86. The molecular formula is C26H26N2O3. The molecule has 1 atom stereocenters. The molecule has 0 aliphatic rings. The Labute approximate surface area is 182 Å². The van der Waals surface area contributed by atoms with Crippen molar-refractivity contribution in [1.29, 1.82) is 0 Å². The Balaban J connectivity index is 1.90. The number of hydrogen-bond acceptors (Lipinski definition) is 3. The van der Waals surface area contributed by atoms with Crippen LogP contribution in [0.15, 0.2) is 90.6 Å². The zero-order valence-electron chi connectivity index (χ0n) is 17.7. The third-order valence-corrected chi connectivity index (χ3v) is 4.69. The van der Waals surface area contributed by atoms with Crippen molar-refractivity contribution in [3.05, 3.63) is 107 Å². The molecule has 0 aromatic heterocycles. The van der Waals surface area contributed by atoms with Crippen LogP contribution in [-0.4, -0.2) is 18.4 Å². The molecule has 0 saturated heterocycles. The van der Waals surface area contributed by atoms with E-state index < -0.39 is 0 Å². The number of amides is 2. The lowest BCUT2D eigenvalue weighted by Crippen LogP contribution is -2.36. The van der Waals surface area contributed by atoms with Gasteiger partial charge in [-0.2, -0.15) is 0 Å². The molecule has 3 aromatic carbocycles. The third-order valence-electron chi connectivity index (χ3n) is 4.69. The van der Waals surface area contributed by atoms with Gasteiger partial charge in [0.2, 0.25) is 0 Å². The van der Waals surface area contributed by atoms with Gasteiger partial charge >= 0.3 is 0 Å². The third kappa shape index (κ3) is 6.06. The van der Waals surface area contributed by atoms with Crippen LogP contribution in [0.5, 0.6) is 5.75 Å². The molecule has 3 rings (SSSR count). The first-order chi connectivity index (χ1) is 15.1. The minimum absolute atomic E-state index is 0.142. The average molecular weight is 415 g/mol. The van der Waals surface area contributed by atoms with E-state index in [0.29, 0.717) is 23.5 Å². The standard InChI is InChI=1S/C26H26N2O3/c1-3-31-24-17-11-10-16-22(24)18-23(28-25(29)21-14-8-5-9-15-21)26(30)27-19(2)20-12-6-4-7-13-20/h4-19H,3H2,1-2H3,(H,27,30)(H,28,29)/b23-18-/t19-/m1/s1. The normalized spacial score (nSPS) is 12.0. The number of rotatable bonds is 8. The van der Waals surface area contributed by atoms with E-state index in [1.54, 1.807) is 30.3 Å². The van der Waals surface area contributed by atoms with Crippen LogP contribution in [0.3, 0.4) is 0 Å². The van der Waals surface area contributed by atoms with Gasteiger partial charge in [0.05, 0.1) is 12.6 Å². The second-order valence-corrected chi connectivity index (χ2v) is 6.95. The molecule has 0 heterocycles. The van der Waals surface area contributed by atoms with Crippen molar-refractivity contribution in [2.24, 2.45) is 0 Å². The number of carbonyl (C=O) groups is 2. The van der Waals surface area contributed by atoms with Gasteiger partial charge in [0.25, 0.3) is 11.8 Å². The van der Waals surface area contributed by atoms with Crippen LogP contribution in [0.2, 0.25) is 0 Å². The number of carbonyl (C=O) groups excluding carboxylic acids is 2. The van der Waals surface area contributed by atoms with Gasteiger partial charge in [-0.25, -0.2) is 0 Å². The highest BCUT2D eigenvalue weighted by Crippen LogP contribution is 2.21. The molecule has 0 saturated carbocycles. The average Bonchev–Trinajstić information content (AvgIpc) is 2.81. The van der Waals surface area contributed by atoms with E-state index in [1.807, 2.05) is 74.5 Å². The quantitative estimate of drug-likeness (QED) is 0.524. The van der Waals surface area contributed by atoms with Crippen molar-refractivity contribution >= 4 is 17.9 Å². The predicted octanol–water partition coefficient (Wildman–Crippen LogP) is 4.73. The summed E-state index contributed by atoms with van der Waals surface area (Å²) in [7, 11) is 0. The largest absolute Gasteiger partial charge is 0.493 e. The van der Waals surface area contributed by atoms with E-state index in [1.165, 1.54) is 0 Å². The predicted molar refractivity (Wildman–Crippen MR) is 122 cm³/mol. The molecule has 3 aromatic rings. The van der Waals surface area contributed by atoms with Gasteiger partial charge in [0, 0.05) is 11.1 Å². The maximum Gasteiger partial charge on any atom is 0.268 e. The van der Waals surface area contributed by atoms with E-state index in [9.17, 15) is 9.59 Å². The monoisotopic (exact) mass is 414 g/mol. The molecule has 5 heteroatoms. The summed E-state index contributed by atoms with van der Waals surface area (Å²) < 4.78 is 5.67. The van der Waals surface area contributed by atoms with Crippen LogP contribution in [0.1, 0.15) is 41.4 Å². The summed E-state index contributed by atoms with van der Waals surface area (Å²) in [5.74, 6) is -0.101. The summed E-state index contributed by atoms with van der Waals surface area (Å²) in [4.78, 5) is 25.9. The Bertz CT molecular complexity index is 1050. The van der Waals surface area contributed by atoms with Crippen LogP contribution in [0.25, 0.3) is 6.08 Å². The fourth-order valence-electron chi connectivity index (χ4n) is 3.08. The van der Waals surface area contributed by atoms with E-state index >= 15 is 0 Å². The smallest absolute Gasteiger partial charge is 0.268 e. The first-order valence-corrected chi connectivity index (χ1v) is 10.2. The highest BCUT2D eigenvalue weighted by Gasteiger charge is 2.18. The molecule has 158 valence electrons. The summed E-state index contributed by atoms with van der Waals surface area (Å²) in [6, 6.07) is 25.6. The van der Waals surface area contributed by atoms with Crippen LogP contribution in [0, 0.1) is 0 Å². The summed E-state index contributed by atoms with van der Waals surface area (Å²) in [5, 5.41) is 5.72. The van der Waals surface area contributed by atoms with Gasteiger partial charge in [0.15, 0.2) is 0 Å². The van der Waals surface area contributed by atoms with Crippen LogP contribution in [0.4, 0.5) is 0 Å². The SMILES string of the molecule is CCOc1ccccc1/C=C(\NC(=O)c1ccccc1)C(=O)N[C@H](C)c1ccccc1. The molecule has 0 unspecified atom stereocenters. The summed E-state index contributed by atoms with van der Waals surface area (Å²) in [6.07, 6.45) is 1.64. The summed E-state index contributed by atoms with van der Waals surface area (Å²) in [5.41, 5.74) is 2.29. The van der Waals surface area contributed by atoms with Crippen molar-refractivity contribution in [2.45, 2.75) is 19.9 Å². The lowest BCUT2D eigenvalue weighted by molar-refractivity contribution is -0.118. The van der Waals surface area contributed by atoms with Gasteiger partial charge in [-0.3, -0.25) is 9.59 Å². The Morgan fingerprint density at radius 1 is 0.903 bits per heavy atom. The number of hydrogen-bond donors (Lipinski definition) is 2. The molecule has 0 spiro atoms. The molecule has 0 fully saturated rings. The van der Waals surface area contributed by atoms with Crippen molar-refractivity contribution in [1.82, 2.24) is 10.6 Å². The number of para-hydroxylation sites is 1. The second kappa shape index (κ2) is 10.8. The van der Waals surface area contributed by atoms with Crippen molar-refractivity contribution in [3.63, 3.8) is 0 Å². The van der Waals surface area contributed by atoms with Gasteiger partial charge in [-0.05, 0) is 43.7 Å². The summed E-state index contributed by atoms with van der Waals surface area (Å²) >= 11 is 0. The van der Waals surface area contributed by atoms with Crippen molar-refractivity contribution in [3.8, 4) is 5.75 Å². The molecule has 0 radical (unpaired) electrons. The second-order valence-electron chi connectivity index (χ2n) is 6.95. The number of ether oxygens (including phenoxy) is 1. The van der Waals surface area contributed by atoms with Gasteiger partial charge in [0.1, 0.15) is 11.4 Å². The van der Waals surface area contributed by atoms with Crippen molar-refractivity contribution in [2.75, 3.05) is 6.61 Å². The minimum Gasteiger partial charge on any atom is -0.493 e. The highest BCUT2D eigenvalue weighted by molar-refractivity contribution is 6.05. The van der Waals surface area contributed by atoms with Crippen LogP contribution >= 0.6 is 0 Å². The van der Waals surface area contributed by atoms with Crippen LogP contribution < -0.4 is 15.4 Å². The molecule has 2 N–H and O–H groups in total. The topological polar surface area (TPSA) is 67.4 Å². The summed E-state index contributed by atoms with van der Waals surface area (Å²) in [6.45, 7) is 4.29. The molecule has 2 amide bonds. The molecule has 0 bridgehead atoms. The minimum atomic E-state index is -0.382. The van der Waals surface area contributed by atoms with E-state index in [4.69, 9.17) is 4.74 Å². The van der Waals surface area contributed by atoms with E-state index in [-0.39, 0.29) is 23.6 Å². The zero-order chi connectivity index (χ0) is 22.1. The van der Waals surface area contributed by atoms with Gasteiger partial charge in [-0.15, -0.1) is 0 Å². The van der Waals surface area contributed by atoms with E-state index in [0.717, 1.165) is 5.56 Å². The molecule has 0 aliphatic heterocycles. The van der Waals surface area contributed by atoms with E-state index in [2.05, 4.69) is 10.6 Å². The van der Waals surface area contributed by atoms with Crippen molar-refractivity contribution < 1.29 is 14.3 Å². The van der Waals surface area contributed by atoms with Gasteiger partial charge in [-0.1, -0.05) is 66.7 Å². The number of benzene rings is 3. The first-order valence-electron chi connectivity index (χ1n) is 10.2.